The molecule has 0 saturated carbocycles. The van der Waals surface area contributed by atoms with E-state index in [2.05, 4.69) is 25.3 Å². The molecule has 0 radical (unpaired) electrons. The molecule has 0 saturated heterocycles. The van der Waals surface area contributed by atoms with Gasteiger partial charge in [-0.1, -0.05) is 77.6 Å². The maximum absolute atomic E-state index is 9.37. The predicted octanol–water partition coefficient (Wildman–Crippen LogP) is 2.98. The molecule has 3 aromatic rings. The normalized spacial score (nSPS) is 12.2. The molecule has 132 valence electrons. The van der Waals surface area contributed by atoms with Gasteiger partial charge in [-0.05, 0) is 5.56 Å². The predicted molar refractivity (Wildman–Crippen MR) is 99.2 cm³/mol. The van der Waals surface area contributed by atoms with E-state index in [0.717, 1.165) is 11.3 Å². The van der Waals surface area contributed by atoms with E-state index in [4.69, 9.17) is 0 Å². The van der Waals surface area contributed by atoms with Gasteiger partial charge in [0.1, 0.15) is 0 Å². The van der Waals surface area contributed by atoms with Crippen molar-refractivity contribution in [3.63, 3.8) is 0 Å². The molecule has 0 fully saturated rings. The fourth-order valence-electron chi connectivity index (χ4n) is 2.15. The molecule has 9 heteroatoms. The Bertz CT molecular complexity index is 896. The summed E-state index contributed by atoms with van der Waals surface area (Å²) in [5.41, 5.74) is 3.74. The summed E-state index contributed by atoms with van der Waals surface area (Å²) in [5.74, 6) is 0.837. The molecule has 26 heavy (non-hydrogen) atoms. The van der Waals surface area contributed by atoms with Crippen LogP contribution in [0.2, 0.25) is 0 Å². The van der Waals surface area contributed by atoms with E-state index in [1.807, 2.05) is 41.9 Å². The van der Waals surface area contributed by atoms with Crippen molar-refractivity contribution in [2.24, 2.45) is 10.1 Å². The molecule has 0 spiro atoms. The Morgan fingerprint density at radius 3 is 2.42 bits per heavy atom. The zero-order valence-electron chi connectivity index (χ0n) is 13.6. The van der Waals surface area contributed by atoms with Crippen LogP contribution in [0.15, 0.2) is 76.0 Å². The minimum absolute atomic E-state index is 0.0607. The third-order valence-electron chi connectivity index (χ3n) is 3.36. The molecule has 0 bridgehead atoms. The van der Waals surface area contributed by atoms with Gasteiger partial charge in [0, 0.05) is 11.3 Å². The van der Waals surface area contributed by atoms with Crippen molar-refractivity contribution >= 4 is 29.3 Å². The molecule has 0 aliphatic rings. The van der Waals surface area contributed by atoms with Crippen LogP contribution < -0.4 is 5.48 Å². The summed E-state index contributed by atoms with van der Waals surface area (Å²) in [4.78, 5) is 8.37. The van der Waals surface area contributed by atoms with Gasteiger partial charge < -0.3 is 5.21 Å². The van der Waals surface area contributed by atoms with E-state index in [0.29, 0.717) is 10.7 Å². The van der Waals surface area contributed by atoms with Gasteiger partial charge in [-0.15, -0.1) is 5.10 Å². The van der Waals surface area contributed by atoms with Crippen LogP contribution >= 0.6 is 11.8 Å². The van der Waals surface area contributed by atoms with Gasteiger partial charge in [0.25, 0.3) is 0 Å². The number of hydroxylamine groups is 1. The number of aromatic amines is 1. The van der Waals surface area contributed by atoms with Gasteiger partial charge in [0.2, 0.25) is 11.1 Å². The average molecular weight is 368 g/mol. The Labute approximate surface area is 153 Å². The minimum atomic E-state index is -0.0607. The van der Waals surface area contributed by atoms with Gasteiger partial charge in [-0.2, -0.15) is 9.98 Å². The maximum Gasteiger partial charge on any atom is 0.248 e. The molecular weight excluding hydrogens is 352 g/mol. The monoisotopic (exact) mass is 368 g/mol. The number of hydrogen-bond donors (Lipinski definition) is 4. The van der Waals surface area contributed by atoms with Crippen molar-refractivity contribution in [2.75, 3.05) is 0 Å². The van der Waals surface area contributed by atoms with E-state index < -0.39 is 0 Å². The van der Waals surface area contributed by atoms with Gasteiger partial charge >= 0.3 is 0 Å². The summed E-state index contributed by atoms with van der Waals surface area (Å²) in [7, 11) is 0. The molecule has 8 nitrogen and oxygen atoms in total. The second-order valence-corrected chi connectivity index (χ2v) is 6.05. The lowest BCUT2D eigenvalue weighted by Crippen LogP contribution is -2.29. The molecule has 3 rings (SSSR count). The van der Waals surface area contributed by atoms with Crippen LogP contribution in [0.1, 0.15) is 11.1 Å². The third kappa shape index (κ3) is 4.47. The van der Waals surface area contributed by atoms with Gasteiger partial charge in [-0.3, -0.25) is 10.7 Å². The van der Waals surface area contributed by atoms with Crippen molar-refractivity contribution in [1.29, 1.82) is 0 Å². The number of amidine groups is 1. The van der Waals surface area contributed by atoms with Crippen LogP contribution in [0, 0.1) is 0 Å². The van der Waals surface area contributed by atoms with E-state index in [1.165, 1.54) is 11.8 Å². The number of hydrogen-bond acceptors (Lipinski definition) is 7. The van der Waals surface area contributed by atoms with E-state index >= 15 is 0 Å². The summed E-state index contributed by atoms with van der Waals surface area (Å²) in [5, 5.41) is 29.1. The van der Waals surface area contributed by atoms with Crippen LogP contribution in [-0.2, 0) is 5.75 Å². The van der Waals surface area contributed by atoms with Crippen molar-refractivity contribution in [1.82, 2.24) is 20.7 Å². The lowest BCUT2D eigenvalue weighted by Gasteiger charge is -2.05. The van der Waals surface area contributed by atoms with Gasteiger partial charge in [0.15, 0.2) is 11.5 Å². The molecule has 0 amide bonds. The standard InChI is InChI=1S/C17H16N6O2S/c24-22-14(13-9-5-2-6-10-13)15(23-25)18-16-19-17(21-20-16)26-11-12-7-3-1-4-8-12/h1-10,24-25H,11H2,(H2,18,19,20,21,23). The van der Waals surface area contributed by atoms with Gasteiger partial charge in [0.05, 0.1) is 0 Å². The highest BCUT2D eigenvalue weighted by atomic mass is 32.2. The largest absolute Gasteiger partial charge is 0.410 e. The molecule has 0 unspecified atom stereocenters. The number of aliphatic imine (C=N–C) groups is 1. The van der Waals surface area contributed by atoms with Crippen LogP contribution in [0.5, 0.6) is 0 Å². The minimum Gasteiger partial charge on any atom is -0.410 e. The van der Waals surface area contributed by atoms with Crippen molar-refractivity contribution in [3.05, 3.63) is 71.8 Å². The number of oxime groups is 1. The molecule has 0 atom stereocenters. The quantitative estimate of drug-likeness (QED) is 0.175. The Kier molecular flexibility index (Phi) is 5.96. The number of H-pyrrole nitrogens is 1. The Balaban J connectivity index is 1.74. The molecule has 2 aromatic carbocycles. The van der Waals surface area contributed by atoms with Crippen LogP contribution in [0.4, 0.5) is 5.95 Å². The van der Waals surface area contributed by atoms with Crippen LogP contribution in [0.3, 0.4) is 0 Å². The highest BCUT2D eigenvalue weighted by molar-refractivity contribution is 7.98. The SMILES string of the molecule is ON=C(C(=Nc1nc(SCc2ccccc2)n[nH]1)NO)c1ccccc1. The van der Waals surface area contributed by atoms with Crippen LogP contribution in [0.25, 0.3) is 0 Å². The lowest BCUT2D eigenvalue weighted by atomic mass is 10.1. The topological polar surface area (TPSA) is 119 Å². The molecule has 1 heterocycles. The first-order chi connectivity index (χ1) is 12.8. The second-order valence-electron chi connectivity index (χ2n) is 5.10. The lowest BCUT2D eigenvalue weighted by molar-refractivity contribution is 0.236. The highest BCUT2D eigenvalue weighted by Gasteiger charge is 2.14. The second kappa shape index (κ2) is 8.79. The number of nitrogens with one attached hydrogen (secondary N) is 2. The maximum atomic E-state index is 9.37. The number of nitrogens with zero attached hydrogens (tertiary/aromatic N) is 4. The summed E-state index contributed by atoms with van der Waals surface area (Å²) in [6.45, 7) is 0. The van der Waals surface area contributed by atoms with E-state index in [-0.39, 0.29) is 17.5 Å². The molecule has 4 N–H and O–H groups in total. The zero-order chi connectivity index (χ0) is 18.2. The van der Waals surface area contributed by atoms with E-state index in [1.54, 1.807) is 24.3 Å². The smallest absolute Gasteiger partial charge is 0.248 e. The first-order valence-corrected chi connectivity index (χ1v) is 8.64. The molecule has 0 aliphatic carbocycles. The van der Waals surface area contributed by atoms with Crippen LogP contribution in [-0.4, -0.2) is 37.1 Å². The zero-order valence-corrected chi connectivity index (χ0v) is 14.4. The van der Waals surface area contributed by atoms with E-state index in [9.17, 15) is 10.4 Å². The van der Waals surface area contributed by atoms with Gasteiger partial charge in [-0.25, -0.2) is 5.10 Å². The summed E-state index contributed by atoms with van der Waals surface area (Å²) in [6.07, 6.45) is 0. The number of benzene rings is 2. The third-order valence-corrected chi connectivity index (χ3v) is 4.28. The summed E-state index contributed by atoms with van der Waals surface area (Å²) < 4.78 is 0. The molecule has 1 aromatic heterocycles. The Morgan fingerprint density at radius 2 is 1.77 bits per heavy atom. The summed E-state index contributed by atoms with van der Waals surface area (Å²) in [6, 6.07) is 18.8. The Hall–Kier alpha value is -3.17. The van der Waals surface area contributed by atoms with Crippen molar-refractivity contribution in [2.45, 2.75) is 10.9 Å². The summed E-state index contributed by atoms with van der Waals surface area (Å²) >= 11 is 1.45. The average Bonchev–Trinajstić information content (AvgIpc) is 3.15. The van der Waals surface area contributed by atoms with Crippen molar-refractivity contribution < 1.29 is 10.4 Å². The Morgan fingerprint density at radius 1 is 1.08 bits per heavy atom. The number of rotatable bonds is 6. The number of thioether (sulfide) groups is 1. The molecular formula is C17H16N6O2S. The fourth-order valence-corrected chi connectivity index (χ4v) is 2.90. The molecule has 0 aliphatic heterocycles. The van der Waals surface area contributed by atoms with Crippen molar-refractivity contribution in [3.8, 4) is 0 Å². The first kappa shape index (κ1) is 17.6. The highest BCUT2D eigenvalue weighted by Crippen LogP contribution is 2.20. The fraction of sp³-hybridized carbons (Fsp3) is 0.0588. The number of aromatic nitrogens is 3. The first-order valence-electron chi connectivity index (χ1n) is 7.66.